The first-order valence-electron chi connectivity index (χ1n) is 10.3. The van der Waals surface area contributed by atoms with E-state index in [2.05, 4.69) is 30.4 Å². The number of carbonyl (C=O) groups is 1. The maximum absolute atomic E-state index is 12.8. The predicted octanol–water partition coefficient (Wildman–Crippen LogP) is 2.78. The summed E-state index contributed by atoms with van der Waals surface area (Å²) in [5.41, 5.74) is 3.49. The molecule has 4 rings (SSSR count). The van der Waals surface area contributed by atoms with E-state index in [1.165, 1.54) is 0 Å². The van der Waals surface area contributed by atoms with Gasteiger partial charge in [-0.15, -0.1) is 0 Å². The van der Waals surface area contributed by atoms with Gasteiger partial charge in [-0.05, 0) is 44.9 Å². The Balaban J connectivity index is 1.50. The molecule has 9 nitrogen and oxygen atoms in total. The highest BCUT2D eigenvalue weighted by Crippen LogP contribution is 2.30. The molecule has 1 saturated heterocycles. The molecular weight excluding hydrogens is 392 g/mol. The molecule has 0 unspecified atom stereocenters. The fourth-order valence-electron chi connectivity index (χ4n) is 3.84. The Bertz CT molecular complexity index is 1090. The van der Waals surface area contributed by atoms with Crippen molar-refractivity contribution in [1.29, 1.82) is 0 Å². The lowest BCUT2D eigenvalue weighted by Crippen LogP contribution is -2.38. The first kappa shape index (κ1) is 20.6. The summed E-state index contributed by atoms with van der Waals surface area (Å²) in [7, 11) is 1.85. The van der Waals surface area contributed by atoms with Gasteiger partial charge in [0.15, 0.2) is 5.82 Å². The first-order valence-corrected chi connectivity index (χ1v) is 10.3. The molecule has 1 N–H and O–H groups in total. The summed E-state index contributed by atoms with van der Waals surface area (Å²) < 4.78 is 1.73. The third-order valence-electron chi connectivity index (χ3n) is 5.31. The highest BCUT2D eigenvalue weighted by atomic mass is 16.2. The molecule has 0 aromatic carbocycles. The highest BCUT2D eigenvalue weighted by molar-refractivity contribution is 5.91. The third kappa shape index (κ3) is 4.93. The largest absolute Gasteiger partial charge is 0.338 e. The minimum atomic E-state index is -0.0121. The Kier molecular flexibility index (Phi) is 6.01. The van der Waals surface area contributed by atoms with Crippen LogP contribution in [0.25, 0.3) is 6.08 Å². The smallest absolute Gasteiger partial charge is 0.246 e. The molecule has 9 heteroatoms. The van der Waals surface area contributed by atoms with Crippen molar-refractivity contribution in [1.82, 2.24) is 34.6 Å². The van der Waals surface area contributed by atoms with Crippen LogP contribution in [0.1, 0.15) is 41.5 Å². The molecule has 0 radical (unpaired) electrons. The van der Waals surface area contributed by atoms with Crippen LogP contribution >= 0.6 is 0 Å². The van der Waals surface area contributed by atoms with Crippen LogP contribution in [0.15, 0.2) is 36.8 Å². The molecule has 1 aliphatic rings. The van der Waals surface area contributed by atoms with Crippen LogP contribution < -0.4 is 5.32 Å². The highest BCUT2D eigenvalue weighted by Gasteiger charge is 2.27. The molecule has 1 aliphatic heterocycles. The van der Waals surface area contributed by atoms with Crippen LogP contribution in [0.2, 0.25) is 0 Å². The quantitative estimate of drug-likeness (QED) is 0.636. The SMILES string of the molecule is Cc1cc(C)nc(Nc2nccnc2[C@@H]2CCCN(C(=O)/C=C/c3ccnn3C)C2)n1. The molecule has 3 aromatic heterocycles. The number of piperidine rings is 1. The topological polar surface area (TPSA) is 102 Å². The number of carbonyl (C=O) groups excluding carboxylic acids is 1. The third-order valence-corrected chi connectivity index (χ3v) is 5.31. The molecule has 0 aliphatic carbocycles. The van der Waals surface area contributed by atoms with Gasteiger partial charge in [-0.1, -0.05) is 0 Å². The first-order chi connectivity index (χ1) is 15.0. The maximum atomic E-state index is 12.8. The number of rotatable bonds is 5. The second-order valence-corrected chi connectivity index (χ2v) is 7.73. The van der Waals surface area contributed by atoms with Crippen molar-refractivity contribution >= 4 is 23.7 Å². The molecule has 3 aromatic rings. The van der Waals surface area contributed by atoms with Crippen LogP contribution in [0.3, 0.4) is 0 Å². The Hall–Kier alpha value is -3.62. The van der Waals surface area contributed by atoms with Gasteiger partial charge in [-0.2, -0.15) is 5.10 Å². The van der Waals surface area contributed by atoms with Gasteiger partial charge >= 0.3 is 0 Å². The summed E-state index contributed by atoms with van der Waals surface area (Å²) in [6.07, 6.45) is 10.3. The van der Waals surface area contributed by atoms with Gasteiger partial charge in [0.25, 0.3) is 0 Å². The van der Waals surface area contributed by atoms with Gasteiger partial charge in [0.2, 0.25) is 11.9 Å². The van der Waals surface area contributed by atoms with Crippen molar-refractivity contribution in [2.24, 2.45) is 7.05 Å². The zero-order valence-electron chi connectivity index (χ0n) is 18.0. The van der Waals surface area contributed by atoms with E-state index in [0.717, 1.165) is 42.2 Å². The molecule has 1 atom stereocenters. The number of hydrogen-bond acceptors (Lipinski definition) is 7. The van der Waals surface area contributed by atoms with E-state index >= 15 is 0 Å². The summed E-state index contributed by atoms with van der Waals surface area (Å²) >= 11 is 0. The van der Waals surface area contributed by atoms with Crippen molar-refractivity contribution in [2.75, 3.05) is 18.4 Å². The lowest BCUT2D eigenvalue weighted by molar-refractivity contribution is -0.127. The van der Waals surface area contributed by atoms with Crippen LogP contribution in [-0.2, 0) is 11.8 Å². The zero-order chi connectivity index (χ0) is 21.8. The molecule has 4 heterocycles. The number of likely N-dealkylation sites (tertiary alicyclic amines) is 1. The average Bonchev–Trinajstić information content (AvgIpc) is 3.16. The molecule has 0 spiro atoms. The summed E-state index contributed by atoms with van der Waals surface area (Å²) in [5, 5.41) is 7.34. The monoisotopic (exact) mass is 418 g/mol. The minimum absolute atomic E-state index is 0.0121. The van der Waals surface area contributed by atoms with Gasteiger partial charge in [0.1, 0.15) is 0 Å². The Labute approximate surface area is 181 Å². The van der Waals surface area contributed by atoms with Crippen molar-refractivity contribution in [3.8, 4) is 0 Å². The van der Waals surface area contributed by atoms with E-state index < -0.39 is 0 Å². The Morgan fingerprint density at radius 2 is 1.94 bits per heavy atom. The van der Waals surface area contributed by atoms with Gasteiger partial charge in [-0.25, -0.2) is 15.0 Å². The lowest BCUT2D eigenvalue weighted by atomic mass is 9.94. The Morgan fingerprint density at radius 3 is 2.68 bits per heavy atom. The molecule has 31 heavy (non-hydrogen) atoms. The number of aromatic nitrogens is 6. The van der Waals surface area contributed by atoms with Crippen molar-refractivity contribution in [2.45, 2.75) is 32.6 Å². The van der Waals surface area contributed by atoms with Crippen LogP contribution in [0.5, 0.6) is 0 Å². The zero-order valence-corrected chi connectivity index (χ0v) is 18.0. The molecule has 1 fully saturated rings. The van der Waals surface area contributed by atoms with Gasteiger partial charge in [0, 0.05) is 62.1 Å². The fourth-order valence-corrected chi connectivity index (χ4v) is 3.84. The summed E-state index contributed by atoms with van der Waals surface area (Å²) in [5.74, 6) is 1.21. The number of anilines is 2. The van der Waals surface area contributed by atoms with Crippen LogP contribution in [-0.4, -0.2) is 53.6 Å². The molecule has 0 bridgehead atoms. The van der Waals surface area contributed by atoms with E-state index in [0.29, 0.717) is 18.3 Å². The van der Waals surface area contributed by atoms with Crippen LogP contribution in [0, 0.1) is 13.8 Å². The second-order valence-electron chi connectivity index (χ2n) is 7.73. The van der Waals surface area contributed by atoms with Crippen LogP contribution in [0.4, 0.5) is 11.8 Å². The standard InChI is InChI=1S/C22H26N8O/c1-15-13-16(2)27-22(26-15)28-21-20(23-10-11-24-21)17-5-4-12-30(14-17)19(31)7-6-18-8-9-25-29(18)3/h6-11,13,17H,4-5,12,14H2,1-3H3,(H,24,26,27,28)/b7-6+/t17-/m1/s1. The van der Waals surface area contributed by atoms with E-state index in [9.17, 15) is 4.79 Å². The molecular formula is C22H26N8O. The summed E-state index contributed by atoms with van der Waals surface area (Å²) in [6, 6.07) is 3.79. The van der Waals surface area contributed by atoms with Crippen molar-refractivity contribution < 1.29 is 4.79 Å². The van der Waals surface area contributed by atoms with Crippen molar-refractivity contribution in [3.63, 3.8) is 0 Å². The Morgan fingerprint density at radius 1 is 1.16 bits per heavy atom. The molecule has 0 saturated carbocycles. The normalized spacial score (nSPS) is 16.6. The number of nitrogens with one attached hydrogen (secondary N) is 1. The van der Waals surface area contributed by atoms with E-state index in [1.807, 2.05) is 37.9 Å². The minimum Gasteiger partial charge on any atom is -0.338 e. The average molecular weight is 419 g/mol. The molecule has 160 valence electrons. The van der Waals surface area contributed by atoms with E-state index in [1.54, 1.807) is 35.4 Å². The number of aryl methyl sites for hydroxylation is 3. The fraction of sp³-hybridized carbons (Fsp3) is 0.364. The number of amides is 1. The second kappa shape index (κ2) is 9.03. The number of hydrogen-bond donors (Lipinski definition) is 1. The maximum Gasteiger partial charge on any atom is 0.246 e. The number of nitrogens with zero attached hydrogens (tertiary/aromatic N) is 7. The predicted molar refractivity (Wildman–Crippen MR) is 118 cm³/mol. The van der Waals surface area contributed by atoms with Crippen molar-refractivity contribution in [3.05, 3.63) is 59.6 Å². The summed E-state index contributed by atoms with van der Waals surface area (Å²) in [6.45, 7) is 5.19. The summed E-state index contributed by atoms with van der Waals surface area (Å²) in [4.78, 5) is 32.6. The van der Waals surface area contributed by atoms with E-state index in [4.69, 9.17) is 0 Å². The van der Waals surface area contributed by atoms with Gasteiger partial charge in [0.05, 0.1) is 11.4 Å². The van der Waals surface area contributed by atoms with Gasteiger partial charge in [-0.3, -0.25) is 14.5 Å². The lowest BCUT2D eigenvalue weighted by Gasteiger charge is -2.32. The van der Waals surface area contributed by atoms with E-state index in [-0.39, 0.29) is 11.8 Å². The van der Waals surface area contributed by atoms with Gasteiger partial charge < -0.3 is 10.2 Å². The molecule has 1 amide bonds.